The van der Waals surface area contributed by atoms with Crippen LogP contribution >= 0.6 is 11.8 Å². The van der Waals surface area contributed by atoms with Crippen molar-refractivity contribution in [1.82, 2.24) is 25.5 Å². The van der Waals surface area contributed by atoms with Crippen LogP contribution in [0.25, 0.3) is 0 Å². The molecule has 128 valence electrons. The Hall–Kier alpha value is -2.09. The quantitative estimate of drug-likeness (QED) is 0.738. The zero-order valence-corrected chi connectivity index (χ0v) is 14.6. The third-order valence-corrected chi connectivity index (χ3v) is 4.88. The van der Waals surface area contributed by atoms with E-state index in [-0.39, 0.29) is 11.9 Å². The Morgan fingerprint density at radius 3 is 2.79 bits per heavy atom. The molecule has 1 amide bonds. The van der Waals surface area contributed by atoms with E-state index in [0.29, 0.717) is 17.0 Å². The van der Waals surface area contributed by atoms with Crippen molar-refractivity contribution >= 4 is 17.7 Å². The van der Waals surface area contributed by atoms with Gasteiger partial charge in [0, 0.05) is 0 Å². The number of nitrogens with zero attached hydrogens (tertiary/aromatic N) is 4. The van der Waals surface area contributed by atoms with Crippen LogP contribution in [0.5, 0.6) is 5.75 Å². The molecule has 1 fully saturated rings. The first-order valence-corrected chi connectivity index (χ1v) is 9.03. The number of carbonyl (C=O) groups is 1. The van der Waals surface area contributed by atoms with Crippen LogP contribution in [-0.4, -0.2) is 39.0 Å². The molecule has 1 unspecified atom stereocenters. The number of hydrogen-bond donors (Lipinski definition) is 1. The van der Waals surface area contributed by atoms with Crippen molar-refractivity contribution in [3.05, 3.63) is 29.8 Å². The predicted octanol–water partition coefficient (Wildman–Crippen LogP) is 2.38. The molecule has 1 aromatic heterocycles. The van der Waals surface area contributed by atoms with Gasteiger partial charge in [0.15, 0.2) is 0 Å². The van der Waals surface area contributed by atoms with E-state index in [1.807, 2.05) is 28.9 Å². The third-order valence-electron chi connectivity index (χ3n) is 3.95. The van der Waals surface area contributed by atoms with Gasteiger partial charge in [0.1, 0.15) is 5.75 Å². The number of aromatic nitrogens is 4. The number of methoxy groups -OCH3 is 1. The Labute approximate surface area is 145 Å². The van der Waals surface area contributed by atoms with Crippen molar-refractivity contribution in [2.75, 3.05) is 12.9 Å². The number of hydrogen-bond acceptors (Lipinski definition) is 6. The van der Waals surface area contributed by atoms with Gasteiger partial charge in [-0.05, 0) is 47.4 Å². The van der Waals surface area contributed by atoms with E-state index < -0.39 is 0 Å². The first kappa shape index (κ1) is 16.8. The van der Waals surface area contributed by atoms with Gasteiger partial charge in [0.2, 0.25) is 11.1 Å². The maximum atomic E-state index is 12.3. The van der Waals surface area contributed by atoms with Crippen molar-refractivity contribution in [3.63, 3.8) is 0 Å². The van der Waals surface area contributed by atoms with E-state index in [0.717, 1.165) is 30.6 Å². The SMILES string of the molecule is CCC(NC(=O)CSc1nnnn1C1CC1)c1ccc(OC)cc1. The smallest absolute Gasteiger partial charge is 0.230 e. The Bertz CT molecular complexity index is 684. The van der Waals surface area contributed by atoms with E-state index in [1.54, 1.807) is 7.11 Å². The summed E-state index contributed by atoms with van der Waals surface area (Å²) in [4.78, 5) is 12.3. The molecule has 3 rings (SSSR count). The van der Waals surface area contributed by atoms with Gasteiger partial charge < -0.3 is 10.1 Å². The Kier molecular flexibility index (Phi) is 5.34. The fraction of sp³-hybridized carbons (Fsp3) is 0.500. The van der Waals surface area contributed by atoms with Crippen molar-refractivity contribution in [3.8, 4) is 5.75 Å². The monoisotopic (exact) mass is 347 g/mol. The summed E-state index contributed by atoms with van der Waals surface area (Å²) < 4.78 is 6.99. The topological polar surface area (TPSA) is 81.9 Å². The molecule has 0 radical (unpaired) electrons. The summed E-state index contributed by atoms with van der Waals surface area (Å²) in [5.74, 6) is 1.09. The minimum Gasteiger partial charge on any atom is -0.497 e. The number of rotatable bonds is 8. The highest BCUT2D eigenvalue weighted by molar-refractivity contribution is 7.99. The second kappa shape index (κ2) is 7.65. The number of tetrazole rings is 1. The van der Waals surface area contributed by atoms with E-state index >= 15 is 0 Å². The van der Waals surface area contributed by atoms with Crippen LogP contribution < -0.4 is 10.1 Å². The summed E-state index contributed by atoms with van der Waals surface area (Å²) in [6.07, 6.45) is 3.04. The van der Waals surface area contributed by atoms with E-state index in [4.69, 9.17) is 4.74 Å². The summed E-state index contributed by atoms with van der Waals surface area (Å²) in [7, 11) is 1.64. The van der Waals surface area contributed by atoms with Crippen LogP contribution in [0.1, 0.15) is 43.8 Å². The highest BCUT2D eigenvalue weighted by Gasteiger charge is 2.28. The average molecular weight is 347 g/mol. The molecule has 0 spiro atoms. The molecule has 1 aromatic carbocycles. The van der Waals surface area contributed by atoms with Gasteiger partial charge in [-0.2, -0.15) is 0 Å². The second-order valence-corrected chi connectivity index (χ2v) is 6.67. The lowest BCUT2D eigenvalue weighted by atomic mass is 10.0. The van der Waals surface area contributed by atoms with Crippen molar-refractivity contribution in [1.29, 1.82) is 0 Å². The van der Waals surface area contributed by atoms with Crippen LogP contribution in [-0.2, 0) is 4.79 Å². The number of amides is 1. The fourth-order valence-corrected chi connectivity index (χ4v) is 3.21. The number of ether oxygens (including phenoxy) is 1. The minimum atomic E-state index is -0.0204. The first-order chi connectivity index (χ1) is 11.7. The maximum Gasteiger partial charge on any atom is 0.230 e. The Balaban J connectivity index is 1.54. The summed E-state index contributed by atoms with van der Waals surface area (Å²) in [5.41, 5.74) is 1.07. The molecular weight excluding hydrogens is 326 g/mol. The van der Waals surface area contributed by atoms with Crippen LogP contribution in [0.3, 0.4) is 0 Å². The molecule has 1 aliphatic carbocycles. The molecule has 0 bridgehead atoms. The van der Waals surface area contributed by atoms with Crippen molar-refractivity contribution in [2.45, 2.75) is 43.4 Å². The van der Waals surface area contributed by atoms with Crippen LogP contribution in [0, 0.1) is 0 Å². The summed E-state index contributed by atoms with van der Waals surface area (Å²) >= 11 is 1.38. The molecule has 1 atom stereocenters. The van der Waals surface area contributed by atoms with E-state index in [9.17, 15) is 4.79 Å². The highest BCUT2D eigenvalue weighted by atomic mass is 32.2. The zero-order chi connectivity index (χ0) is 16.9. The van der Waals surface area contributed by atoms with Gasteiger partial charge in [0.25, 0.3) is 0 Å². The second-order valence-electron chi connectivity index (χ2n) is 5.73. The number of nitrogens with one attached hydrogen (secondary N) is 1. The molecule has 1 saturated carbocycles. The molecule has 1 aliphatic rings. The van der Waals surface area contributed by atoms with Gasteiger partial charge in [-0.25, -0.2) is 4.68 Å². The summed E-state index contributed by atoms with van der Waals surface area (Å²) in [6.45, 7) is 2.05. The molecular formula is C16H21N5O2S. The average Bonchev–Trinajstić information content (AvgIpc) is 3.36. The van der Waals surface area contributed by atoms with Crippen molar-refractivity contribution < 1.29 is 9.53 Å². The van der Waals surface area contributed by atoms with Crippen LogP contribution in [0.4, 0.5) is 0 Å². The number of thioether (sulfide) groups is 1. The van der Waals surface area contributed by atoms with Crippen LogP contribution in [0.2, 0.25) is 0 Å². The van der Waals surface area contributed by atoms with Gasteiger partial charge >= 0.3 is 0 Å². The molecule has 2 aromatic rings. The molecule has 1 heterocycles. The molecule has 24 heavy (non-hydrogen) atoms. The minimum absolute atomic E-state index is 0.0107. The largest absolute Gasteiger partial charge is 0.497 e. The fourth-order valence-electron chi connectivity index (χ4n) is 2.45. The van der Waals surface area contributed by atoms with Crippen LogP contribution in [0.15, 0.2) is 29.4 Å². The van der Waals surface area contributed by atoms with Gasteiger partial charge in [-0.3, -0.25) is 4.79 Å². The maximum absolute atomic E-state index is 12.3. The number of carbonyl (C=O) groups excluding carboxylic acids is 1. The molecule has 8 heteroatoms. The molecule has 0 aliphatic heterocycles. The normalized spacial score (nSPS) is 15.1. The predicted molar refractivity (Wildman–Crippen MR) is 91.0 cm³/mol. The Morgan fingerprint density at radius 1 is 1.42 bits per heavy atom. The lowest BCUT2D eigenvalue weighted by molar-refractivity contribution is -0.119. The summed E-state index contributed by atoms with van der Waals surface area (Å²) in [6, 6.07) is 8.17. The van der Waals surface area contributed by atoms with Crippen molar-refractivity contribution in [2.24, 2.45) is 0 Å². The van der Waals surface area contributed by atoms with Gasteiger partial charge in [-0.15, -0.1) is 5.10 Å². The summed E-state index contributed by atoms with van der Waals surface area (Å²) in [5, 5.41) is 15.5. The Morgan fingerprint density at radius 2 is 2.17 bits per heavy atom. The van der Waals surface area contributed by atoms with Gasteiger partial charge in [-0.1, -0.05) is 30.8 Å². The lowest BCUT2D eigenvalue weighted by Crippen LogP contribution is -2.29. The van der Waals surface area contributed by atoms with E-state index in [2.05, 4.69) is 27.8 Å². The highest BCUT2D eigenvalue weighted by Crippen LogP contribution is 2.36. The van der Waals surface area contributed by atoms with Gasteiger partial charge in [0.05, 0.1) is 24.9 Å². The lowest BCUT2D eigenvalue weighted by Gasteiger charge is -2.17. The molecule has 0 saturated heterocycles. The number of benzene rings is 1. The third kappa shape index (κ3) is 4.05. The standard InChI is InChI=1S/C16H21N5O2S/c1-3-14(11-4-8-13(23-2)9-5-11)17-15(22)10-24-16-18-19-20-21(16)12-6-7-12/h4-5,8-9,12,14H,3,6-7,10H2,1-2H3,(H,17,22). The molecule has 1 N–H and O–H groups in total. The molecule has 7 nitrogen and oxygen atoms in total. The van der Waals surface area contributed by atoms with E-state index in [1.165, 1.54) is 11.8 Å². The first-order valence-electron chi connectivity index (χ1n) is 8.05. The zero-order valence-electron chi connectivity index (χ0n) is 13.8.